The molecule has 0 aliphatic heterocycles. The number of unbranched alkanes of at least 4 members (excludes halogenated alkanes) is 5. The summed E-state index contributed by atoms with van der Waals surface area (Å²) in [5, 5.41) is 5.49. The fourth-order valence-electron chi connectivity index (χ4n) is 10.3. The van der Waals surface area contributed by atoms with Gasteiger partial charge >= 0.3 is 0 Å². The van der Waals surface area contributed by atoms with Crippen LogP contribution in [-0.2, 0) is 0 Å². The second-order valence-corrected chi connectivity index (χ2v) is 15.6. The van der Waals surface area contributed by atoms with Crippen molar-refractivity contribution in [3.63, 3.8) is 0 Å². The Balaban J connectivity index is 1.26. The third-order valence-corrected chi connectivity index (χ3v) is 12.7. The van der Waals surface area contributed by atoms with Crippen molar-refractivity contribution in [1.82, 2.24) is 0 Å². The van der Waals surface area contributed by atoms with E-state index in [1.165, 1.54) is 133 Å². The van der Waals surface area contributed by atoms with E-state index in [9.17, 15) is 0 Å². The van der Waals surface area contributed by atoms with Crippen molar-refractivity contribution in [1.29, 1.82) is 0 Å². The molecule has 6 aromatic rings. The summed E-state index contributed by atoms with van der Waals surface area (Å²) in [5.74, 6) is 1.30. The molecule has 0 amide bonds. The standard InChI is InChI=1S/C52H46/c1-3-4-5-6-7-10-19-33(2)36-30-31-43-48-39(36)26-17-29-42(48)52-47(35-22-13-9-14-23-35)50-41-28-18-27-40-37-24-15-16-25-38(37)44(49(40)41)32-45(50)46(51(43)52)34-20-11-8-12-21-34/h8-9,11-18,20-33,39,48H,3-7,10,19H2,1-2H3. The fourth-order valence-corrected chi connectivity index (χ4v) is 10.3. The maximum Gasteiger partial charge on any atom is 0.0203 e. The summed E-state index contributed by atoms with van der Waals surface area (Å²) in [6, 6.07) is 41.1. The average molecular weight is 671 g/mol. The molecule has 0 spiro atoms. The highest BCUT2D eigenvalue weighted by molar-refractivity contribution is 6.31. The molecular formula is C52H46. The molecule has 0 saturated carbocycles. The first kappa shape index (κ1) is 31.5. The van der Waals surface area contributed by atoms with E-state index in [1.807, 2.05) is 0 Å². The molecule has 0 aromatic heterocycles. The molecule has 6 aromatic carbocycles. The zero-order chi connectivity index (χ0) is 34.8. The Morgan fingerprint density at radius 3 is 1.92 bits per heavy atom. The summed E-state index contributed by atoms with van der Waals surface area (Å²) in [6.45, 7) is 4.80. The summed E-state index contributed by atoms with van der Waals surface area (Å²) >= 11 is 0. The minimum Gasteiger partial charge on any atom is -0.0764 e. The first-order valence-corrected chi connectivity index (χ1v) is 19.9. The molecule has 0 N–H and O–H groups in total. The van der Waals surface area contributed by atoms with Crippen LogP contribution in [0.15, 0.2) is 145 Å². The predicted molar refractivity (Wildman–Crippen MR) is 224 cm³/mol. The maximum absolute atomic E-state index is 2.56. The quantitative estimate of drug-likeness (QED) is 0.100. The van der Waals surface area contributed by atoms with Gasteiger partial charge in [-0.05, 0) is 107 Å². The fraction of sp³-hybridized carbons (Fsp3) is 0.231. The average Bonchev–Trinajstić information content (AvgIpc) is 3.70. The lowest BCUT2D eigenvalue weighted by Crippen LogP contribution is -2.22. The van der Waals surface area contributed by atoms with Crippen LogP contribution < -0.4 is 0 Å². The number of rotatable bonds is 10. The second-order valence-electron chi connectivity index (χ2n) is 15.6. The molecule has 4 aliphatic carbocycles. The van der Waals surface area contributed by atoms with Gasteiger partial charge in [-0.3, -0.25) is 0 Å². The van der Waals surface area contributed by atoms with Crippen LogP contribution >= 0.6 is 0 Å². The van der Waals surface area contributed by atoms with Crippen LogP contribution in [0, 0.1) is 17.8 Å². The lowest BCUT2D eigenvalue weighted by atomic mass is 9.69. The zero-order valence-electron chi connectivity index (χ0n) is 30.5. The molecule has 3 unspecified atom stereocenters. The molecule has 52 heavy (non-hydrogen) atoms. The minimum atomic E-state index is 0.337. The lowest BCUT2D eigenvalue weighted by molar-refractivity contribution is 0.484. The largest absolute Gasteiger partial charge is 0.0764 e. The van der Waals surface area contributed by atoms with Crippen LogP contribution in [-0.4, -0.2) is 0 Å². The minimum absolute atomic E-state index is 0.337. The van der Waals surface area contributed by atoms with Gasteiger partial charge in [0.05, 0.1) is 0 Å². The zero-order valence-corrected chi connectivity index (χ0v) is 30.5. The van der Waals surface area contributed by atoms with Crippen molar-refractivity contribution in [2.75, 3.05) is 0 Å². The lowest BCUT2D eigenvalue weighted by Gasteiger charge is -2.34. The summed E-state index contributed by atoms with van der Waals surface area (Å²) < 4.78 is 0. The van der Waals surface area contributed by atoms with E-state index in [-0.39, 0.29) is 0 Å². The Morgan fingerprint density at radius 2 is 1.15 bits per heavy atom. The van der Waals surface area contributed by atoms with Gasteiger partial charge in [-0.15, -0.1) is 0 Å². The molecule has 3 atom stereocenters. The topological polar surface area (TPSA) is 0 Å². The Kier molecular flexibility index (Phi) is 7.75. The first-order valence-electron chi connectivity index (χ1n) is 19.9. The van der Waals surface area contributed by atoms with Crippen LogP contribution in [0.1, 0.15) is 69.9 Å². The monoisotopic (exact) mass is 670 g/mol. The van der Waals surface area contributed by atoms with Crippen molar-refractivity contribution in [3.8, 4) is 44.5 Å². The summed E-state index contributed by atoms with van der Waals surface area (Å²) in [4.78, 5) is 0. The normalized spacial score (nSPS) is 18.2. The van der Waals surface area contributed by atoms with Crippen molar-refractivity contribution in [2.24, 2.45) is 17.8 Å². The number of allylic oxidation sites excluding steroid dienone is 8. The van der Waals surface area contributed by atoms with E-state index in [1.54, 1.807) is 5.57 Å². The van der Waals surface area contributed by atoms with Gasteiger partial charge in [0.15, 0.2) is 0 Å². The van der Waals surface area contributed by atoms with Crippen LogP contribution in [0.4, 0.5) is 0 Å². The molecule has 0 heterocycles. The van der Waals surface area contributed by atoms with Gasteiger partial charge in [0.25, 0.3) is 0 Å². The second kappa shape index (κ2) is 12.8. The molecule has 0 heteroatoms. The van der Waals surface area contributed by atoms with E-state index >= 15 is 0 Å². The highest BCUT2D eigenvalue weighted by atomic mass is 14.5. The molecule has 0 fully saturated rings. The summed E-state index contributed by atoms with van der Waals surface area (Å²) in [7, 11) is 0. The molecule has 4 aliphatic rings. The van der Waals surface area contributed by atoms with Crippen LogP contribution in [0.3, 0.4) is 0 Å². The van der Waals surface area contributed by atoms with Gasteiger partial charge < -0.3 is 0 Å². The Labute approximate surface area is 308 Å². The highest BCUT2D eigenvalue weighted by Gasteiger charge is 2.44. The third-order valence-electron chi connectivity index (χ3n) is 12.7. The van der Waals surface area contributed by atoms with Crippen molar-refractivity contribution in [3.05, 3.63) is 156 Å². The summed E-state index contributed by atoms with van der Waals surface area (Å²) in [5.41, 5.74) is 18.3. The van der Waals surface area contributed by atoms with Crippen LogP contribution in [0.25, 0.3) is 77.2 Å². The van der Waals surface area contributed by atoms with E-state index in [0.717, 1.165) is 0 Å². The number of benzene rings is 6. The van der Waals surface area contributed by atoms with E-state index < -0.39 is 0 Å². The van der Waals surface area contributed by atoms with Gasteiger partial charge in [-0.2, -0.15) is 0 Å². The van der Waals surface area contributed by atoms with Gasteiger partial charge in [0, 0.05) is 11.8 Å². The Morgan fingerprint density at radius 1 is 0.519 bits per heavy atom. The van der Waals surface area contributed by atoms with E-state index in [2.05, 4.69) is 153 Å². The molecule has 0 saturated heterocycles. The molecule has 0 nitrogen and oxygen atoms in total. The molecule has 10 rings (SSSR count). The Bertz CT molecular complexity index is 2500. The van der Waals surface area contributed by atoms with Gasteiger partial charge in [0.2, 0.25) is 0 Å². The number of hydrogen-bond donors (Lipinski definition) is 0. The van der Waals surface area contributed by atoms with Gasteiger partial charge in [0.1, 0.15) is 0 Å². The molecule has 0 bridgehead atoms. The first-order chi connectivity index (χ1) is 25.7. The Hall–Kier alpha value is -5.20. The number of hydrogen-bond acceptors (Lipinski definition) is 0. The van der Waals surface area contributed by atoms with Gasteiger partial charge in [-0.1, -0.05) is 191 Å². The molecule has 0 radical (unpaired) electrons. The third kappa shape index (κ3) is 4.73. The van der Waals surface area contributed by atoms with Crippen LogP contribution in [0.2, 0.25) is 0 Å². The number of fused-ring (bicyclic) bond motifs is 8. The maximum atomic E-state index is 2.56. The smallest absolute Gasteiger partial charge is 0.0203 e. The van der Waals surface area contributed by atoms with E-state index in [0.29, 0.717) is 17.8 Å². The van der Waals surface area contributed by atoms with Gasteiger partial charge in [-0.25, -0.2) is 0 Å². The van der Waals surface area contributed by atoms with Crippen molar-refractivity contribution in [2.45, 2.75) is 58.8 Å². The summed E-state index contributed by atoms with van der Waals surface area (Å²) in [6.07, 6.45) is 21.8. The molecular weight excluding hydrogens is 625 g/mol. The predicted octanol–water partition coefficient (Wildman–Crippen LogP) is 14.9. The highest BCUT2D eigenvalue weighted by Crippen LogP contribution is 2.63. The van der Waals surface area contributed by atoms with Crippen LogP contribution in [0.5, 0.6) is 0 Å². The van der Waals surface area contributed by atoms with Crippen molar-refractivity contribution >= 4 is 32.7 Å². The molecule has 254 valence electrons. The van der Waals surface area contributed by atoms with Crippen molar-refractivity contribution < 1.29 is 0 Å². The SMILES string of the molecule is CCCCCCCCC(C)C1=CC=C2c3c(c(-c4ccccc4)c4c(cc5c6c(cccc64)-c4ccccc4-5)c3-c3ccccc3)C3=CC=CC1C23. The van der Waals surface area contributed by atoms with E-state index in [4.69, 9.17) is 0 Å².